The second-order valence-electron chi connectivity index (χ2n) is 6.93. The smallest absolute Gasteiger partial charge is 0.270 e. The van der Waals surface area contributed by atoms with E-state index in [1.165, 1.54) is 36.0 Å². The van der Waals surface area contributed by atoms with E-state index in [1.807, 2.05) is 36.6 Å². The Morgan fingerprint density at radius 3 is 2.70 bits per heavy atom. The summed E-state index contributed by atoms with van der Waals surface area (Å²) < 4.78 is 2.90. The normalized spacial score (nSPS) is 10.6. The number of nitro benzene ring substituents is 1. The van der Waals surface area contributed by atoms with Gasteiger partial charge in [-0.05, 0) is 66.3 Å². The van der Waals surface area contributed by atoms with E-state index in [2.05, 4.69) is 43.4 Å². The van der Waals surface area contributed by atoms with Crippen LogP contribution in [0.4, 0.5) is 11.4 Å². The van der Waals surface area contributed by atoms with Crippen molar-refractivity contribution >= 4 is 57.5 Å². The SMILES string of the molecule is CCn1c(CNC(=O)c2cccc([N+](=O)[O-])c2)nnc1SCC(=O)Nc1ccc(I)cc1C. The second kappa shape index (κ2) is 11.2. The minimum absolute atomic E-state index is 0.0942. The van der Waals surface area contributed by atoms with Gasteiger partial charge >= 0.3 is 0 Å². The number of aromatic nitrogens is 3. The minimum Gasteiger partial charge on any atom is -0.345 e. The number of nitro groups is 1. The predicted octanol–water partition coefficient (Wildman–Crippen LogP) is 3.78. The van der Waals surface area contributed by atoms with E-state index in [4.69, 9.17) is 0 Å². The number of carbonyl (C=O) groups is 2. The van der Waals surface area contributed by atoms with Crippen LogP contribution in [0.15, 0.2) is 47.6 Å². The Hall–Kier alpha value is -3.00. The maximum Gasteiger partial charge on any atom is 0.270 e. The fourth-order valence-corrected chi connectivity index (χ4v) is 4.45. The minimum atomic E-state index is -0.552. The number of hydrogen-bond donors (Lipinski definition) is 2. The number of rotatable bonds is 9. The van der Waals surface area contributed by atoms with Crippen LogP contribution in [-0.2, 0) is 17.9 Å². The molecule has 2 aromatic carbocycles. The number of nitrogens with zero attached hydrogens (tertiary/aromatic N) is 4. The van der Waals surface area contributed by atoms with Crippen molar-refractivity contribution in [3.63, 3.8) is 0 Å². The van der Waals surface area contributed by atoms with Crippen molar-refractivity contribution in [2.75, 3.05) is 11.1 Å². The fraction of sp³-hybridized carbons (Fsp3) is 0.238. The first-order valence-corrected chi connectivity index (χ1v) is 12.0. The molecular weight excluding hydrogens is 559 g/mol. The van der Waals surface area contributed by atoms with Gasteiger partial charge in [0, 0.05) is 33.5 Å². The average molecular weight is 580 g/mol. The van der Waals surface area contributed by atoms with Crippen LogP contribution >= 0.6 is 34.4 Å². The van der Waals surface area contributed by atoms with Crippen LogP contribution < -0.4 is 10.6 Å². The van der Waals surface area contributed by atoms with Crippen molar-refractivity contribution in [1.29, 1.82) is 0 Å². The van der Waals surface area contributed by atoms with Crippen molar-refractivity contribution in [1.82, 2.24) is 20.1 Å². The molecule has 0 unspecified atom stereocenters. The van der Waals surface area contributed by atoms with Crippen molar-refractivity contribution in [2.24, 2.45) is 0 Å². The first-order valence-electron chi connectivity index (χ1n) is 9.92. The predicted molar refractivity (Wildman–Crippen MR) is 133 cm³/mol. The average Bonchev–Trinajstić information content (AvgIpc) is 3.19. The van der Waals surface area contributed by atoms with Gasteiger partial charge in [-0.15, -0.1) is 10.2 Å². The Morgan fingerprint density at radius 1 is 1.21 bits per heavy atom. The molecule has 2 N–H and O–H groups in total. The Morgan fingerprint density at radius 2 is 2.00 bits per heavy atom. The molecule has 2 amide bonds. The number of amides is 2. The highest BCUT2D eigenvalue weighted by molar-refractivity contribution is 14.1. The van der Waals surface area contributed by atoms with Crippen LogP contribution in [-0.4, -0.2) is 37.3 Å². The van der Waals surface area contributed by atoms with E-state index in [0.717, 1.165) is 14.8 Å². The van der Waals surface area contributed by atoms with Crippen molar-refractivity contribution in [2.45, 2.75) is 32.1 Å². The van der Waals surface area contributed by atoms with Crippen LogP contribution in [0.5, 0.6) is 0 Å². The second-order valence-corrected chi connectivity index (χ2v) is 9.12. The van der Waals surface area contributed by atoms with Crippen LogP contribution in [0.1, 0.15) is 28.7 Å². The van der Waals surface area contributed by atoms with Crippen LogP contribution in [0.2, 0.25) is 0 Å². The van der Waals surface area contributed by atoms with Gasteiger partial charge in [0.15, 0.2) is 11.0 Å². The highest BCUT2D eigenvalue weighted by Crippen LogP contribution is 2.20. The Balaban J connectivity index is 1.59. The molecule has 0 aliphatic heterocycles. The van der Waals surface area contributed by atoms with Gasteiger partial charge in [0.05, 0.1) is 17.2 Å². The molecule has 10 nitrogen and oxygen atoms in total. The molecule has 3 rings (SSSR count). The molecule has 0 atom stereocenters. The zero-order chi connectivity index (χ0) is 24.0. The molecule has 0 saturated carbocycles. The molecule has 0 aliphatic carbocycles. The number of thioether (sulfide) groups is 1. The van der Waals surface area contributed by atoms with Gasteiger partial charge in [0.2, 0.25) is 5.91 Å². The molecule has 0 aliphatic rings. The number of halogens is 1. The number of hydrogen-bond acceptors (Lipinski definition) is 7. The summed E-state index contributed by atoms with van der Waals surface area (Å²) in [5.74, 6) is 0.0674. The Bertz CT molecular complexity index is 1200. The van der Waals surface area contributed by atoms with Gasteiger partial charge in [0.25, 0.3) is 11.6 Å². The van der Waals surface area contributed by atoms with E-state index in [0.29, 0.717) is 17.5 Å². The summed E-state index contributed by atoms with van der Waals surface area (Å²) in [4.78, 5) is 35.1. The van der Waals surface area contributed by atoms with Gasteiger partial charge in [0.1, 0.15) is 0 Å². The lowest BCUT2D eigenvalue weighted by molar-refractivity contribution is -0.384. The lowest BCUT2D eigenvalue weighted by atomic mass is 10.2. The molecule has 3 aromatic rings. The number of aryl methyl sites for hydroxylation is 1. The summed E-state index contributed by atoms with van der Waals surface area (Å²) in [7, 11) is 0. The third-order valence-corrected chi connectivity index (χ3v) is 6.27. The molecule has 0 spiro atoms. The summed E-state index contributed by atoms with van der Waals surface area (Å²) in [5, 5.41) is 25.3. The van der Waals surface area contributed by atoms with E-state index in [-0.39, 0.29) is 29.5 Å². The summed E-state index contributed by atoms with van der Waals surface area (Å²) in [6.07, 6.45) is 0. The standard InChI is InChI=1S/C21H21IN6O4S/c1-3-27-18(11-23-20(30)14-5-4-6-16(10-14)28(31)32)25-26-21(27)33-12-19(29)24-17-8-7-15(22)9-13(17)2/h4-10H,3,11-12H2,1-2H3,(H,23,30)(H,24,29). The molecule has 0 bridgehead atoms. The highest BCUT2D eigenvalue weighted by atomic mass is 127. The van der Waals surface area contributed by atoms with Gasteiger partial charge in [-0.1, -0.05) is 17.8 Å². The number of benzene rings is 2. The summed E-state index contributed by atoms with van der Waals surface area (Å²) in [6, 6.07) is 11.3. The third kappa shape index (κ3) is 6.51. The lowest BCUT2D eigenvalue weighted by Crippen LogP contribution is -2.25. The third-order valence-electron chi connectivity index (χ3n) is 4.63. The maximum absolute atomic E-state index is 12.4. The quantitative estimate of drug-likeness (QED) is 0.170. The summed E-state index contributed by atoms with van der Waals surface area (Å²) in [5.41, 5.74) is 1.78. The largest absolute Gasteiger partial charge is 0.345 e. The maximum atomic E-state index is 12.4. The van der Waals surface area contributed by atoms with Crippen LogP contribution in [0.3, 0.4) is 0 Å². The van der Waals surface area contributed by atoms with Gasteiger partial charge in [-0.2, -0.15) is 0 Å². The van der Waals surface area contributed by atoms with Gasteiger partial charge < -0.3 is 15.2 Å². The molecule has 33 heavy (non-hydrogen) atoms. The fourth-order valence-electron chi connectivity index (χ4n) is 2.98. The molecule has 0 fully saturated rings. The van der Waals surface area contributed by atoms with Gasteiger partial charge in [-0.3, -0.25) is 19.7 Å². The number of anilines is 1. The first-order chi connectivity index (χ1) is 15.8. The molecule has 1 heterocycles. The zero-order valence-electron chi connectivity index (χ0n) is 17.9. The van der Waals surface area contributed by atoms with E-state index in [1.54, 1.807) is 0 Å². The van der Waals surface area contributed by atoms with Crippen LogP contribution in [0, 0.1) is 20.6 Å². The zero-order valence-corrected chi connectivity index (χ0v) is 20.8. The molecule has 1 aromatic heterocycles. The Labute approximate surface area is 207 Å². The summed E-state index contributed by atoms with van der Waals surface area (Å²) in [6.45, 7) is 4.49. The molecule has 0 radical (unpaired) electrons. The van der Waals surface area contributed by atoms with Crippen molar-refractivity contribution in [3.05, 3.63) is 73.1 Å². The topological polar surface area (TPSA) is 132 Å². The Kier molecular flexibility index (Phi) is 8.38. The number of carbonyl (C=O) groups excluding carboxylic acids is 2. The molecule has 0 saturated heterocycles. The van der Waals surface area contributed by atoms with Crippen LogP contribution in [0.25, 0.3) is 0 Å². The lowest BCUT2D eigenvalue weighted by Gasteiger charge is -2.10. The number of non-ortho nitro benzene ring substituents is 1. The van der Waals surface area contributed by atoms with E-state index >= 15 is 0 Å². The van der Waals surface area contributed by atoms with Crippen molar-refractivity contribution in [3.8, 4) is 0 Å². The van der Waals surface area contributed by atoms with Crippen molar-refractivity contribution < 1.29 is 14.5 Å². The monoisotopic (exact) mass is 580 g/mol. The molecule has 172 valence electrons. The molecular formula is C21H21IN6O4S. The van der Waals surface area contributed by atoms with E-state index < -0.39 is 10.8 Å². The van der Waals surface area contributed by atoms with E-state index in [9.17, 15) is 19.7 Å². The molecule has 12 heteroatoms. The summed E-state index contributed by atoms with van der Waals surface area (Å²) >= 11 is 3.47. The van der Waals surface area contributed by atoms with Gasteiger partial charge in [-0.25, -0.2) is 0 Å². The first kappa shape index (κ1) is 24.6. The number of nitrogens with one attached hydrogen (secondary N) is 2. The highest BCUT2D eigenvalue weighted by Gasteiger charge is 2.16.